The van der Waals surface area contributed by atoms with Crippen molar-refractivity contribution in [2.75, 3.05) is 5.32 Å². The number of pyridine rings is 1. The zero-order valence-corrected chi connectivity index (χ0v) is 20.5. The predicted molar refractivity (Wildman–Crippen MR) is 140 cm³/mol. The van der Waals surface area contributed by atoms with E-state index in [1.165, 1.54) is 18.9 Å². The molecule has 36 heavy (non-hydrogen) atoms. The van der Waals surface area contributed by atoms with Crippen LogP contribution in [0.2, 0.25) is 5.02 Å². The fraction of sp³-hybridized carbons (Fsp3) is 0.310. The minimum atomic E-state index is -0.534. The highest BCUT2D eigenvalue weighted by atomic mass is 35.5. The van der Waals surface area contributed by atoms with Crippen LogP contribution in [0, 0.1) is 36.0 Å². The molecule has 0 spiro atoms. The summed E-state index contributed by atoms with van der Waals surface area (Å²) in [6, 6.07) is 12.1. The molecule has 3 saturated carbocycles. The fourth-order valence-corrected chi connectivity index (χ4v) is 6.53. The van der Waals surface area contributed by atoms with E-state index in [9.17, 15) is 4.39 Å². The Morgan fingerprint density at radius 3 is 2.50 bits per heavy atom. The molecule has 2 bridgehead atoms. The predicted octanol–water partition coefficient (Wildman–Crippen LogP) is 8.62. The van der Waals surface area contributed by atoms with Gasteiger partial charge in [-0.3, -0.25) is 0 Å². The number of anilines is 1. The molecule has 0 amide bonds. The van der Waals surface area contributed by atoms with E-state index < -0.39 is 11.6 Å². The Hall–Kier alpha value is -3.43. The SMILES string of the molecule is [C-]#[N+]c1c(-c2c[nH]c3c(F)cc(Cl)cc23)nc(NC2C3CCC(CC3)C2C)c(F)c1-c1ccccc1. The van der Waals surface area contributed by atoms with E-state index in [0.29, 0.717) is 40.0 Å². The van der Waals surface area contributed by atoms with Crippen LogP contribution in [-0.4, -0.2) is 16.0 Å². The first-order valence-corrected chi connectivity index (χ1v) is 12.7. The van der Waals surface area contributed by atoms with Gasteiger partial charge in [0.2, 0.25) is 5.69 Å². The Kier molecular flexibility index (Phi) is 5.69. The number of H-pyrrole nitrogens is 1. The molecule has 2 N–H and O–H groups in total. The summed E-state index contributed by atoms with van der Waals surface area (Å²) in [5.41, 5.74) is 1.96. The molecule has 7 heteroatoms. The number of hydrogen-bond donors (Lipinski definition) is 2. The van der Waals surface area contributed by atoms with Crippen LogP contribution in [0.1, 0.15) is 32.6 Å². The average molecular weight is 503 g/mol. The third kappa shape index (κ3) is 3.65. The van der Waals surface area contributed by atoms with Crippen molar-refractivity contribution in [3.63, 3.8) is 0 Å². The number of aromatic nitrogens is 2. The van der Waals surface area contributed by atoms with Crippen LogP contribution >= 0.6 is 11.6 Å². The molecular weight excluding hydrogens is 478 g/mol. The van der Waals surface area contributed by atoms with Gasteiger partial charge in [-0.15, -0.1) is 0 Å². The highest BCUT2D eigenvalue weighted by Gasteiger charge is 2.42. The quantitative estimate of drug-likeness (QED) is 0.274. The van der Waals surface area contributed by atoms with Crippen molar-refractivity contribution in [2.24, 2.45) is 17.8 Å². The van der Waals surface area contributed by atoms with Gasteiger partial charge in [-0.2, -0.15) is 0 Å². The van der Waals surface area contributed by atoms with Gasteiger partial charge in [0.05, 0.1) is 17.8 Å². The normalized spacial score (nSPS) is 23.1. The van der Waals surface area contributed by atoms with Crippen molar-refractivity contribution >= 4 is 34.0 Å². The first kappa shape index (κ1) is 23.0. The van der Waals surface area contributed by atoms with Crippen LogP contribution in [0.5, 0.6) is 0 Å². The minimum Gasteiger partial charge on any atom is -0.364 e. The van der Waals surface area contributed by atoms with Crippen LogP contribution < -0.4 is 5.32 Å². The monoisotopic (exact) mass is 502 g/mol. The van der Waals surface area contributed by atoms with Crippen LogP contribution in [-0.2, 0) is 0 Å². The standard InChI is InChI=1S/C29H25ClF2N4/c1-15-16-8-10-18(11-9-16)25(15)35-29-24(32)23(17-6-4-3-5-7-17)28(33-2)27(36-29)21-14-34-26-20(21)12-19(30)13-22(26)31/h3-7,12-16,18,25,34H,8-11H2,1H3,(H,35,36). The van der Waals surface area contributed by atoms with E-state index in [4.69, 9.17) is 23.2 Å². The number of hydrogen-bond acceptors (Lipinski definition) is 2. The van der Waals surface area contributed by atoms with Gasteiger partial charge in [-0.1, -0.05) is 48.9 Å². The van der Waals surface area contributed by atoms with Gasteiger partial charge in [0, 0.05) is 33.8 Å². The lowest BCUT2D eigenvalue weighted by Crippen LogP contribution is -2.47. The Bertz CT molecular complexity index is 1500. The van der Waals surface area contributed by atoms with E-state index in [1.54, 1.807) is 24.4 Å². The van der Waals surface area contributed by atoms with Crippen molar-refractivity contribution in [3.05, 3.63) is 76.7 Å². The van der Waals surface area contributed by atoms with Gasteiger partial charge >= 0.3 is 0 Å². The molecule has 182 valence electrons. The van der Waals surface area contributed by atoms with E-state index in [2.05, 4.69) is 22.1 Å². The smallest absolute Gasteiger partial charge is 0.223 e. The number of nitrogens with one attached hydrogen (secondary N) is 2. The first-order chi connectivity index (χ1) is 17.5. The van der Waals surface area contributed by atoms with Crippen molar-refractivity contribution < 1.29 is 8.78 Å². The van der Waals surface area contributed by atoms with Crippen molar-refractivity contribution in [1.29, 1.82) is 0 Å². The third-order valence-electron chi connectivity index (χ3n) is 8.19. The molecule has 3 aliphatic carbocycles. The second-order valence-electron chi connectivity index (χ2n) is 10.0. The van der Waals surface area contributed by atoms with Crippen molar-refractivity contribution in [2.45, 2.75) is 38.6 Å². The summed E-state index contributed by atoms with van der Waals surface area (Å²) in [7, 11) is 0. The van der Waals surface area contributed by atoms with Gasteiger partial charge in [-0.25, -0.2) is 18.6 Å². The Morgan fingerprint density at radius 2 is 1.81 bits per heavy atom. The number of halogens is 3. The van der Waals surface area contributed by atoms with Gasteiger partial charge in [0.25, 0.3) is 0 Å². The number of nitrogens with zero attached hydrogens (tertiary/aromatic N) is 2. The summed E-state index contributed by atoms with van der Waals surface area (Å²) in [5, 5.41) is 4.20. The largest absolute Gasteiger partial charge is 0.364 e. The zero-order valence-electron chi connectivity index (χ0n) is 19.8. The van der Waals surface area contributed by atoms with Crippen LogP contribution in [0.25, 0.3) is 38.1 Å². The number of aromatic amines is 1. The number of benzene rings is 2. The highest BCUT2D eigenvalue weighted by Crippen LogP contribution is 2.48. The molecule has 2 aromatic carbocycles. The van der Waals surface area contributed by atoms with Crippen LogP contribution in [0.3, 0.4) is 0 Å². The lowest BCUT2D eigenvalue weighted by molar-refractivity contribution is 0.0926. The molecule has 2 atom stereocenters. The molecule has 3 aliphatic rings. The van der Waals surface area contributed by atoms with Crippen LogP contribution in [0.4, 0.5) is 20.3 Å². The van der Waals surface area contributed by atoms with Gasteiger partial charge < -0.3 is 10.3 Å². The maximum atomic E-state index is 16.2. The van der Waals surface area contributed by atoms with E-state index >= 15 is 4.39 Å². The summed E-state index contributed by atoms with van der Waals surface area (Å²) >= 11 is 6.17. The van der Waals surface area contributed by atoms with Gasteiger partial charge in [0.15, 0.2) is 11.6 Å². The first-order valence-electron chi connectivity index (χ1n) is 12.4. The van der Waals surface area contributed by atoms with E-state index in [-0.39, 0.29) is 33.6 Å². The molecular formula is C29H25ClF2N4. The van der Waals surface area contributed by atoms with E-state index in [1.807, 2.05) is 18.2 Å². The Balaban J connectivity index is 1.58. The van der Waals surface area contributed by atoms with Crippen molar-refractivity contribution in [3.8, 4) is 22.4 Å². The minimum absolute atomic E-state index is 0.0868. The maximum absolute atomic E-state index is 16.2. The lowest BCUT2D eigenvalue weighted by atomic mass is 9.62. The highest BCUT2D eigenvalue weighted by molar-refractivity contribution is 6.31. The summed E-state index contributed by atoms with van der Waals surface area (Å²) in [4.78, 5) is 11.4. The van der Waals surface area contributed by atoms with Gasteiger partial charge in [0.1, 0.15) is 5.82 Å². The molecule has 2 aromatic heterocycles. The molecule has 0 aliphatic heterocycles. The zero-order chi connectivity index (χ0) is 25.0. The average Bonchev–Trinajstić information content (AvgIpc) is 3.31. The Morgan fingerprint density at radius 1 is 1.08 bits per heavy atom. The maximum Gasteiger partial charge on any atom is 0.223 e. The van der Waals surface area contributed by atoms with Gasteiger partial charge in [-0.05, 0) is 61.1 Å². The molecule has 2 heterocycles. The summed E-state index contributed by atoms with van der Waals surface area (Å²) in [5.74, 6) is 0.611. The van der Waals surface area contributed by atoms with E-state index in [0.717, 1.165) is 12.8 Å². The van der Waals surface area contributed by atoms with Crippen molar-refractivity contribution in [1.82, 2.24) is 9.97 Å². The fourth-order valence-electron chi connectivity index (χ4n) is 6.33. The topological polar surface area (TPSA) is 45.1 Å². The number of rotatable bonds is 4. The third-order valence-corrected chi connectivity index (χ3v) is 8.40. The molecule has 0 saturated heterocycles. The molecule has 4 aromatic rings. The summed E-state index contributed by atoms with van der Waals surface area (Å²) < 4.78 is 30.9. The molecule has 7 rings (SSSR count). The molecule has 2 unspecified atom stereocenters. The lowest BCUT2D eigenvalue weighted by Gasteiger charge is -2.47. The summed E-state index contributed by atoms with van der Waals surface area (Å²) in [6.07, 6.45) is 6.32. The molecule has 0 radical (unpaired) electrons. The van der Waals surface area contributed by atoms with Crippen LogP contribution in [0.15, 0.2) is 48.7 Å². The second kappa shape index (κ2) is 8.90. The molecule has 3 fully saturated rings. The summed E-state index contributed by atoms with van der Waals surface area (Å²) in [6.45, 7) is 10.2. The second-order valence-corrected chi connectivity index (χ2v) is 10.5. The molecule has 4 nitrogen and oxygen atoms in total. The number of fused-ring (bicyclic) bond motifs is 4. The Labute approximate surface area is 213 Å².